The third kappa shape index (κ3) is 1.68. The highest BCUT2D eigenvalue weighted by atomic mass is 79.9. The van der Waals surface area contributed by atoms with Crippen molar-refractivity contribution in [2.45, 2.75) is 5.33 Å². The van der Waals surface area contributed by atoms with E-state index < -0.39 is 5.82 Å². The molecule has 0 saturated heterocycles. The smallest absolute Gasteiger partial charge is 0.250 e. The minimum absolute atomic E-state index is 0.0435. The van der Waals surface area contributed by atoms with Gasteiger partial charge in [-0.15, -0.1) is 0 Å². The van der Waals surface area contributed by atoms with Gasteiger partial charge < -0.3 is 4.74 Å². The van der Waals surface area contributed by atoms with Crippen LogP contribution in [0.25, 0.3) is 0 Å². The minimum atomic E-state index is -0.396. The molecule has 0 fully saturated rings. The maximum atomic E-state index is 13.1. The summed E-state index contributed by atoms with van der Waals surface area (Å²) in [5.74, 6) is -0.353. The third-order valence-corrected chi connectivity index (χ3v) is 1.88. The molecule has 2 nitrogen and oxygen atoms in total. The number of alkyl halides is 1. The van der Waals surface area contributed by atoms with E-state index in [-0.39, 0.29) is 5.88 Å². The first-order valence-electron chi connectivity index (χ1n) is 3.03. The molecule has 60 valence electrons. The Balaban J connectivity index is 3.10. The van der Waals surface area contributed by atoms with Crippen LogP contribution in [0, 0.1) is 5.82 Å². The predicted molar refractivity (Wildman–Crippen MR) is 43.4 cm³/mol. The van der Waals surface area contributed by atoms with Gasteiger partial charge in [-0.05, 0) is 6.07 Å². The third-order valence-electron chi connectivity index (χ3n) is 1.27. The number of rotatable bonds is 2. The summed E-state index contributed by atoms with van der Waals surface area (Å²) in [6.45, 7) is 0. The summed E-state index contributed by atoms with van der Waals surface area (Å²) in [5.41, 5.74) is 0.553. The first-order chi connectivity index (χ1) is 5.29. The Morgan fingerprint density at radius 2 is 2.45 bits per heavy atom. The van der Waals surface area contributed by atoms with Gasteiger partial charge in [0, 0.05) is 17.1 Å². The second-order valence-electron chi connectivity index (χ2n) is 1.93. The lowest BCUT2D eigenvalue weighted by molar-refractivity contribution is 0.367. The number of halogens is 2. The van der Waals surface area contributed by atoms with Crippen molar-refractivity contribution in [3.05, 3.63) is 23.6 Å². The number of ether oxygens (including phenoxy) is 1. The number of hydrogen-bond donors (Lipinski definition) is 0. The Bertz CT molecular complexity index is 232. The van der Waals surface area contributed by atoms with Crippen molar-refractivity contribution >= 4 is 15.9 Å². The minimum Gasteiger partial charge on any atom is -0.479 e. The molecule has 1 heterocycles. The topological polar surface area (TPSA) is 22.1 Å². The van der Waals surface area contributed by atoms with Gasteiger partial charge >= 0.3 is 0 Å². The highest BCUT2D eigenvalue weighted by Crippen LogP contribution is 2.18. The van der Waals surface area contributed by atoms with Crippen molar-refractivity contribution in [1.29, 1.82) is 0 Å². The molecule has 0 atom stereocenters. The van der Waals surface area contributed by atoms with Crippen molar-refractivity contribution in [2.75, 3.05) is 7.11 Å². The molecule has 4 heteroatoms. The Morgan fingerprint density at radius 3 is 3.00 bits per heavy atom. The Labute approximate surface area is 72.5 Å². The van der Waals surface area contributed by atoms with Crippen molar-refractivity contribution in [3.63, 3.8) is 0 Å². The van der Waals surface area contributed by atoms with Crippen molar-refractivity contribution in [2.24, 2.45) is 0 Å². The van der Waals surface area contributed by atoms with Gasteiger partial charge in [0.15, 0.2) is 5.82 Å². The first-order valence-corrected chi connectivity index (χ1v) is 4.15. The van der Waals surface area contributed by atoms with Crippen LogP contribution in [0.3, 0.4) is 0 Å². The lowest BCUT2D eigenvalue weighted by Crippen LogP contribution is -1.94. The average molecular weight is 220 g/mol. The van der Waals surface area contributed by atoms with Gasteiger partial charge in [0.2, 0.25) is 5.88 Å². The molecule has 0 radical (unpaired) electrons. The number of nitrogens with zero attached hydrogens (tertiary/aromatic N) is 1. The highest BCUT2D eigenvalue weighted by molar-refractivity contribution is 9.08. The fourth-order valence-corrected chi connectivity index (χ4v) is 1.14. The fraction of sp³-hybridized carbons (Fsp3) is 0.286. The van der Waals surface area contributed by atoms with E-state index in [9.17, 15) is 4.39 Å². The molecule has 0 unspecified atom stereocenters. The van der Waals surface area contributed by atoms with E-state index >= 15 is 0 Å². The SMILES string of the molecule is COc1nccc(CBr)c1F. The van der Waals surface area contributed by atoms with E-state index in [0.29, 0.717) is 10.9 Å². The zero-order valence-electron chi connectivity index (χ0n) is 5.97. The quantitative estimate of drug-likeness (QED) is 0.712. The fourth-order valence-electron chi connectivity index (χ4n) is 0.708. The summed E-state index contributed by atoms with van der Waals surface area (Å²) in [6, 6.07) is 1.60. The van der Waals surface area contributed by atoms with Gasteiger partial charge in [0.1, 0.15) is 0 Å². The van der Waals surface area contributed by atoms with Gasteiger partial charge in [0.05, 0.1) is 7.11 Å². The predicted octanol–water partition coefficient (Wildman–Crippen LogP) is 2.12. The molecule has 0 aromatic carbocycles. The molecule has 1 aromatic heterocycles. The second kappa shape index (κ2) is 3.67. The summed E-state index contributed by atoms with van der Waals surface area (Å²) < 4.78 is 17.7. The largest absolute Gasteiger partial charge is 0.479 e. The van der Waals surface area contributed by atoms with Crippen molar-refractivity contribution in [3.8, 4) is 5.88 Å². The van der Waals surface area contributed by atoms with Crippen molar-refractivity contribution < 1.29 is 9.13 Å². The molecule has 0 aliphatic carbocycles. The molecule has 11 heavy (non-hydrogen) atoms. The van der Waals surface area contributed by atoms with Crippen molar-refractivity contribution in [1.82, 2.24) is 4.98 Å². The lowest BCUT2D eigenvalue weighted by Gasteiger charge is -2.02. The summed E-state index contributed by atoms with van der Waals surface area (Å²) in [6.07, 6.45) is 1.51. The van der Waals surface area contributed by atoms with Gasteiger partial charge in [-0.25, -0.2) is 9.37 Å². The second-order valence-corrected chi connectivity index (χ2v) is 2.49. The average Bonchev–Trinajstić information content (AvgIpc) is 2.05. The summed E-state index contributed by atoms with van der Waals surface area (Å²) in [5, 5.41) is 0.470. The molecule has 0 amide bonds. The number of aromatic nitrogens is 1. The van der Waals surface area contributed by atoms with E-state index in [0.717, 1.165) is 0 Å². The standard InChI is InChI=1S/C7H7BrFNO/c1-11-7-6(9)5(4-8)2-3-10-7/h2-3H,4H2,1H3. The molecule has 0 bridgehead atoms. The normalized spacial score (nSPS) is 9.73. The molecule has 0 N–H and O–H groups in total. The summed E-state index contributed by atoms with van der Waals surface area (Å²) in [4.78, 5) is 3.69. The van der Waals surface area contributed by atoms with E-state index in [2.05, 4.69) is 25.7 Å². The molecule has 1 aromatic rings. The van der Waals surface area contributed by atoms with Crippen LogP contribution in [0.15, 0.2) is 12.3 Å². The Kier molecular flexibility index (Phi) is 2.82. The maximum Gasteiger partial charge on any atom is 0.250 e. The van der Waals surface area contributed by atoms with Crippen LogP contribution in [0.5, 0.6) is 5.88 Å². The number of pyridine rings is 1. The molecule has 0 saturated carbocycles. The summed E-state index contributed by atoms with van der Waals surface area (Å²) >= 11 is 3.15. The monoisotopic (exact) mass is 219 g/mol. The maximum absolute atomic E-state index is 13.1. The van der Waals surface area contributed by atoms with Gasteiger partial charge in [-0.3, -0.25) is 0 Å². The van der Waals surface area contributed by atoms with Crippen LogP contribution in [-0.2, 0) is 5.33 Å². The van der Waals surface area contributed by atoms with Crippen LogP contribution in [0.4, 0.5) is 4.39 Å². The zero-order chi connectivity index (χ0) is 8.27. The molecule has 0 aliphatic heterocycles. The van der Waals surface area contributed by atoms with Crippen LogP contribution in [0.1, 0.15) is 5.56 Å². The van der Waals surface area contributed by atoms with Gasteiger partial charge in [0.25, 0.3) is 0 Å². The molecular weight excluding hydrogens is 213 g/mol. The van der Waals surface area contributed by atoms with E-state index in [1.165, 1.54) is 13.3 Å². The van der Waals surface area contributed by atoms with E-state index in [4.69, 9.17) is 0 Å². The lowest BCUT2D eigenvalue weighted by atomic mass is 10.3. The van der Waals surface area contributed by atoms with Gasteiger partial charge in [-0.2, -0.15) is 0 Å². The van der Waals surface area contributed by atoms with E-state index in [1.54, 1.807) is 6.07 Å². The van der Waals surface area contributed by atoms with Crippen LogP contribution in [0.2, 0.25) is 0 Å². The highest BCUT2D eigenvalue weighted by Gasteiger charge is 2.07. The first kappa shape index (κ1) is 8.46. The Hall–Kier alpha value is -0.640. The Morgan fingerprint density at radius 1 is 1.73 bits per heavy atom. The number of methoxy groups -OCH3 is 1. The zero-order valence-corrected chi connectivity index (χ0v) is 7.56. The van der Waals surface area contributed by atoms with Gasteiger partial charge in [-0.1, -0.05) is 15.9 Å². The van der Waals surface area contributed by atoms with Crippen LogP contribution < -0.4 is 4.74 Å². The van der Waals surface area contributed by atoms with E-state index in [1.807, 2.05) is 0 Å². The van der Waals surface area contributed by atoms with Crippen LogP contribution in [-0.4, -0.2) is 12.1 Å². The molecule has 0 spiro atoms. The number of hydrogen-bond acceptors (Lipinski definition) is 2. The molecule has 1 rings (SSSR count). The molecular formula is C7H7BrFNO. The molecule has 0 aliphatic rings. The van der Waals surface area contributed by atoms with Crippen LogP contribution >= 0.6 is 15.9 Å². The summed E-state index contributed by atoms with van der Waals surface area (Å²) in [7, 11) is 1.39.